The van der Waals surface area contributed by atoms with Gasteiger partial charge in [-0.25, -0.2) is 0 Å². The van der Waals surface area contributed by atoms with E-state index in [0.717, 1.165) is 11.3 Å². The number of nitrogens with one attached hydrogen (secondary N) is 2. The van der Waals surface area contributed by atoms with Crippen molar-refractivity contribution in [3.05, 3.63) is 29.3 Å². The fourth-order valence-electron chi connectivity index (χ4n) is 1.29. The molecule has 0 fully saturated rings. The van der Waals surface area contributed by atoms with Gasteiger partial charge >= 0.3 is 0 Å². The number of carbonyl (C=O) groups excluding carboxylic acids is 1. The standard InChI is InChI=1S/C11H15N3OS/c1-3-13-10(15)8-5-4-7(2)9(6-8)14-11(12)16/h4-6H,3H2,1-2H3,(H,13,15)(H3,12,14,16). The molecule has 0 saturated carbocycles. The minimum atomic E-state index is -0.103. The van der Waals surface area contributed by atoms with Crippen molar-refractivity contribution < 1.29 is 4.79 Å². The monoisotopic (exact) mass is 237 g/mol. The Labute approximate surface area is 100 Å². The minimum Gasteiger partial charge on any atom is -0.376 e. The molecule has 0 aliphatic rings. The zero-order chi connectivity index (χ0) is 12.1. The molecule has 0 radical (unpaired) electrons. The second-order valence-corrected chi connectivity index (χ2v) is 3.82. The molecule has 0 saturated heterocycles. The molecule has 0 atom stereocenters. The van der Waals surface area contributed by atoms with Gasteiger partial charge in [0.2, 0.25) is 0 Å². The Morgan fingerprint density at radius 3 is 2.75 bits per heavy atom. The fourth-order valence-corrected chi connectivity index (χ4v) is 1.40. The molecular formula is C11H15N3OS. The number of carbonyl (C=O) groups is 1. The number of nitrogens with two attached hydrogens (primary N) is 1. The second-order valence-electron chi connectivity index (χ2n) is 3.38. The highest BCUT2D eigenvalue weighted by Gasteiger charge is 2.07. The molecule has 1 aromatic carbocycles. The topological polar surface area (TPSA) is 67.2 Å². The maximum atomic E-state index is 11.6. The molecule has 0 bridgehead atoms. The maximum absolute atomic E-state index is 11.6. The first-order valence-corrected chi connectivity index (χ1v) is 5.40. The highest BCUT2D eigenvalue weighted by atomic mass is 32.1. The molecule has 16 heavy (non-hydrogen) atoms. The predicted molar refractivity (Wildman–Crippen MR) is 69.6 cm³/mol. The first-order chi connectivity index (χ1) is 7.54. The van der Waals surface area contributed by atoms with Gasteiger partial charge in [0.1, 0.15) is 0 Å². The van der Waals surface area contributed by atoms with Crippen LogP contribution in [0.2, 0.25) is 0 Å². The van der Waals surface area contributed by atoms with Crippen molar-refractivity contribution in [2.75, 3.05) is 11.9 Å². The van der Waals surface area contributed by atoms with Crippen LogP contribution in [0.1, 0.15) is 22.8 Å². The largest absolute Gasteiger partial charge is 0.376 e. The van der Waals surface area contributed by atoms with Crippen molar-refractivity contribution in [1.82, 2.24) is 5.32 Å². The van der Waals surface area contributed by atoms with Crippen molar-refractivity contribution in [2.45, 2.75) is 13.8 Å². The Hall–Kier alpha value is -1.62. The van der Waals surface area contributed by atoms with Crippen LogP contribution in [0, 0.1) is 6.92 Å². The third-order valence-corrected chi connectivity index (χ3v) is 2.20. The molecule has 1 rings (SSSR count). The van der Waals surface area contributed by atoms with Gasteiger partial charge in [-0.15, -0.1) is 0 Å². The number of rotatable bonds is 3. The summed E-state index contributed by atoms with van der Waals surface area (Å²) in [4.78, 5) is 11.6. The van der Waals surface area contributed by atoms with Gasteiger partial charge in [-0.1, -0.05) is 6.07 Å². The first-order valence-electron chi connectivity index (χ1n) is 5.00. The molecular weight excluding hydrogens is 222 g/mol. The van der Waals surface area contributed by atoms with E-state index in [9.17, 15) is 4.79 Å². The minimum absolute atomic E-state index is 0.103. The van der Waals surface area contributed by atoms with E-state index in [-0.39, 0.29) is 11.0 Å². The molecule has 0 spiro atoms. The number of thiocarbonyl (C=S) groups is 1. The van der Waals surface area contributed by atoms with Gasteiger partial charge < -0.3 is 16.4 Å². The molecule has 0 aromatic heterocycles. The van der Waals surface area contributed by atoms with E-state index < -0.39 is 0 Å². The van der Waals surface area contributed by atoms with E-state index >= 15 is 0 Å². The lowest BCUT2D eigenvalue weighted by Gasteiger charge is -2.09. The molecule has 0 aliphatic heterocycles. The van der Waals surface area contributed by atoms with Gasteiger partial charge in [0.15, 0.2) is 5.11 Å². The molecule has 1 aromatic rings. The molecule has 1 amide bonds. The van der Waals surface area contributed by atoms with Gasteiger partial charge in [0.05, 0.1) is 0 Å². The third-order valence-electron chi connectivity index (χ3n) is 2.09. The lowest BCUT2D eigenvalue weighted by molar-refractivity contribution is 0.0956. The van der Waals surface area contributed by atoms with Gasteiger partial charge in [-0.2, -0.15) is 0 Å². The molecule has 0 heterocycles. The van der Waals surface area contributed by atoms with Crippen LogP contribution in [-0.2, 0) is 0 Å². The van der Waals surface area contributed by atoms with E-state index in [2.05, 4.69) is 10.6 Å². The van der Waals surface area contributed by atoms with Gasteiger partial charge in [0.25, 0.3) is 5.91 Å². The molecule has 0 unspecified atom stereocenters. The van der Waals surface area contributed by atoms with Gasteiger partial charge in [-0.3, -0.25) is 4.79 Å². The zero-order valence-electron chi connectivity index (χ0n) is 9.33. The van der Waals surface area contributed by atoms with E-state index in [0.29, 0.717) is 12.1 Å². The Morgan fingerprint density at radius 2 is 2.19 bits per heavy atom. The van der Waals surface area contributed by atoms with Crippen molar-refractivity contribution in [3.63, 3.8) is 0 Å². The Morgan fingerprint density at radius 1 is 1.50 bits per heavy atom. The zero-order valence-corrected chi connectivity index (χ0v) is 10.1. The molecule has 4 nitrogen and oxygen atoms in total. The average Bonchev–Trinajstić information content (AvgIpc) is 2.21. The molecule has 5 heteroatoms. The average molecular weight is 237 g/mol. The first kappa shape index (κ1) is 12.4. The van der Waals surface area contributed by atoms with Crippen molar-refractivity contribution in [2.24, 2.45) is 5.73 Å². The summed E-state index contributed by atoms with van der Waals surface area (Å²) in [6.07, 6.45) is 0. The summed E-state index contributed by atoms with van der Waals surface area (Å²) in [5.41, 5.74) is 7.73. The van der Waals surface area contributed by atoms with Crippen LogP contribution in [0.25, 0.3) is 0 Å². The number of benzene rings is 1. The summed E-state index contributed by atoms with van der Waals surface area (Å²) in [5, 5.41) is 5.76. The Kier molecular flexibility index (Phi) is 4.25. The normalized spacial score (nSPS) is 9.62. The SMILES string of the molecule is CCNC(=O)c1ccc(C)c(NC(N)=S)c1. The predicted octanol–water partition coefficient (Wildman–Crippen LogP) is 1.40. The highest BCUT2D eigenvalue weighted by Crippen LogP contribution is 2.16. The quantitative estimate of drug-likeness (QED) is 0.695. The maximum Gasteiger partial charge on any atom is 0.251 e. The lowest BCUT2D eigenvalue weighted by Crippen LogP contribution is -2.23. The second kappa shape index (κ2) is 5.46. The molecule has 0 aliphatic carbocycles. The van der Waals surface area contributed by atoms with E-state index in [1.807, 2.05) is 19.9 Å². The van der Waals surface area contributed by atoms with E-state index in [4.69, 9.17) is 18.0 Å². The van der Waals surface area contributed by atoms with Crippen molar-refractivity contribution >= 4 is 28.9 Å². The number of aryl methyl sites for hydroxylation is 1. The van der Waals surface area contributed by atoms with Crippen LogP contribution in [0.3, 0.4) is 0 Å². The van der Waals surface area contributed by atoms with E-state index in [1.165, 1.54) is 0 Å². The van der Waals surface area contributed by atoms with Crippen LogP contribution < -0.4 is 16.4 Å². The van der Waals surface area contributed by atoms with Crippen molar-refractivity contribution in [1.29, 1.82) is 0 Å². The molecule has 4 N–H and O–H groups in total. The summed E-state index contributed by atoms with van der Waals surface area (Å²) < 4.78 is 0. The lowest BCUT2D eigenvalue weighted by atomic mass is 10.1. The fraction of sp³-hybridized carbons (Fsp3) is 0.273. The summed E-state index contributed by atoms with van der Waals surface area (Å²) in [5.74, 6) is -0.103. The summed E-state index contributed by atoms with van der Waals surface area (Å²) in [7, 11) is 0. The van der Waals surface area contributed by atoms with Crippen molar-refractivity contribution in [3.8, 4) is 0 Å². The van der Waals surface area contributed by atoms with Crippen LogP contribution >= 0.6 is 12.2 Å². The highest BCUT2D eigenvalue weighted by molar-refractivity contribution is 7.80. The summed E-state index contributed by atoms with van der Waals surface area (Å²) in [6.45, 7) is 4.40. The van der Waals surface area contributed by atoms with Crippen LogP contribution in [-0.4, -0.2) is 17.6 Å². The summed E-state index contributed by atoms with van der Waals surface area (Å²) >= 11 is 4.76. The van der Waals surface area contributed by atoms with Crippen LogP contribution in [0.5, 0.6) is 0 Å². The number of hydrogen-bond acceptors (Lipinski definition) is 2. The van der Waals surface area contributed by atoms with Gasteiger partial charge in [0, 0.05) is 17.8 Å². The number of amides is 1. The van der Waals surface area contributed by atoms with Crippen LogP contribution in [0.4, 0.5) is 5.69 Å². The molecule has 86 valence electrons. The van der Waals surface area contributed by atoms with E-state index in [1.54, 1.807) is 12.1 Å². The summed E-state index contributed by atoms with van der Waals surface area (Å²) in [6, 6.07) is 5.36. The van der Waals surface area contributed by atoms with Gasteiger partial charge in [-0.05, 0) is 43.8 Å². The Balaban J connectivity index is 2.97. The number of anilines is 1. The smallest absolute Gasteiger partial charge is 0.251 e. The number of hydrogen-bond donors (Lipinski definition) is 3. The Bertz CT molecular complexity index is 418. The third kappa shape index (κ3) is 3.20. The van der Waals surface area contributed by atoms with Crippen LogP contribution in [0.15, 0.2) is 18.2 Å².